The molecule has 5 nitrogen and oxygen atoms in total. The number of rotatable bonds is 4. The van der Waals surface area contributed by atoms with Gasteiger partial charge in [0.05, 0.1) is 0 Å². The number of hydrogen-bond acceptors (Lipinski definition) is 3. The van der Waals surface area contributed by atoms with Crippen LogP contribution in [0.1, 0.15) is 39.5 Å². The van der Waals surface area contributed by atoms with Gasteiger partial charge in [-0.3, -0.25) is 4.79 Å². The van der Waals surface area contributed by atoms with Crippen molar-refractivity contribution in [2.24, 2.45) is 16.3 Å². The lowest BCUT2D eigenvalue weighted by Crippen LogP contribution is -2.55. The average molecular weight is 227 g/mol. The third-order valence-corrected chi connectivity index (χ3v) is 3.79. The summed E-state index contributed by atoms with van der Waals surface area (Å²) in [5.74, 6) is 0.0299. The molecule has 0 heterocycles. The summed E-state index contributed by atoms with van der Waals surface area (Å²) in [7, 11) is 1.78. The molecule has 0 aromatic carbocycles. The third-order valence-electron chi connectivity index (χ3n) is 3.79. The first-order valence-electron chi connectivity index (χ1n) is 5.75. The SMILES string of the molecule is CCC(C)N(C)C(=O)C1(C(N)=NO)CCC1. The first-order valence-corrected chi connectivity index (χ1v) is 5.75. The third kappa shape index (κ3) is 1.86. The van der Waals surface area contributed by atoms with E-state index in [0.29, 0.717) is 12.8 Å². The lowest BCUT2D eigenvalue weighted by atomic mass is 9.66. The van der Waals surface area contributed by atoms with Gasteiger partial charge in [-0.1, -0.05) is 18.5 Å². The Balaban J connectivity index is 2.86. The van der Waals surface area contributed by atoms with Crippen LogP contribution in [-0.2, 0) is 4.79 Å². The number of carbonyl (C=O) groups is 1. The van der Waals surface area contributed by atoms with E-state index in [4.69, 9.17) is 10.9 Å². The van der Waals surface area contributed by atoms with E-state index in [-0.39, 0.29) is 17.8 Å². The van der Waals surface area contributed by atoms with Gasteiger partial charge in [0, 0.05) is 13.1 Å². The van der Waals surface area contributed by atoms with Gasteiger partial charge in [-0.2, -0.15) is 0 Å². The topological polar surface area (TPSA) is 78.9 Å². The summed E-state index contributed by atoms with van der Waals surface area (Å²) >= 11 is 0. The minimum Gasteiger partial charge on any atom is -0.409 e. The highest BCUT2D eigenvalue weighted by Crippen LogP contribution is 2.42. The lowest BCUT2D eigenvalue weighted by Gasteiger charge is -2.42. The molecule has 92 valence electrons. The van der Waals surface area contributed by atoms with Crippen LogP contribution in [0.3, 0.4) is 0 Å². The highest BCUT2D eigenvalue weighted by molar-refractivity contribution is 6.07. The smallest absolute Gasteiger partial charge is 0.236 e. The van der Waals surface area contributed by atoms with Crippen molar-refractivity contribution in [3.63, 3.8) is 0 Å². The molecule has 0 spiro atoms. The van der Waals surface area contributed by atoms with Crippen LogP contribution in [0, 0.1) is 5.41 Å². The van der Waals surface area contributed by atoms with Gasteiger partial charge in [0.2, 0.25) is 5.91 Å². The second kappa shape index (κ2) is 4.72. The Morgan fingerprint density at radius 2 is 2.19 bits per heavy atom. The van der Waals surface area contributed by atoms with E-state index >= 15 is 0 Å². The fraction of sp³-hybridized carbons (Fsp3) is 0.818. The van der Waals surface area contributed by atoms with E-state index in [1.807, 2.05) is 13.8 Å². The van der Waals surface area contributed by atoms with Gasteiger partial charge in [-0.25, -0.2) is 0 Å². The van der Waals surface area contributed by atoms with E-state index in [9.17, 15) is 4.79 Å². The van der Waals surface area contributed by atoms with Crippen LogP contribution in [0.5, 0.6) is 0 Å². The van der Waals surface area contributed by atoms with Gasteiger partial charge in [0.1, 0.15) is 5.41 Å². The van der Waals surface area contributed by atoms with Gasteiger partial charge in [-0.15, -0.1) is 0 Å². The quantitative estimate of drug-likeness (QED) is 0.327. The molecule has 0 aromatic rings. The first-order chi connectivity index (χ1) is 7.49. The van der Waals surface area contributed by atoms with Crippen LogP contribution in [0.4, 0.5) is 0 Å². The second-order valence-corrected chi connectivity index (χ2v) is 4.59. The van der Waals surface area contributed by atoms with E-state index in [2.05, 4.69) is 5.16 Å². The van der Waals surface area contributed by atoms with Crippen LogP contribution in [-0.4, -0.2) is 34.9 Å². The molecule has 5 heteroatoms. The number of carbonyl (C=O) groups excluding carboxylic acids is 1. The highest BCUT2D eigenvalue weighted by atomic mass is 16.4. The maximum Gasteiger partial charge on any atom is 0.236 e. The molecule has 1 fully saturated rings. The Hall–Kier alpha value is -1.26. The van der Waals surface area contributed by atoms with Gasteiger partial charge < -0.3 is 15.8 Å². The minimum absolute atomic E-state index is 0.0246. The minimum atomic E-state index is -0.743. The molecule has 1 saturated carbocycles. The van der Waals surface area contributed by atoms with E-state index in [0.717, 1.165) is 12.8 Å². The number of oxime groups is 1. The summed E-state index contributed by atoms with van der Waals surface area (Å²) in [6.07, 6.45) is 3.22. The van der Waals surface area contributed by atoms with Crippen LogP contribution in [0.15, 0.2) is 5.16 Å². The van der Waals surface area contributed by atoms with Crippen molar-refractivity contribution < 1.29 is 10.0 Å². The van der Waals surface area contributed by atoms with Crippen molar-refractivity contribution in [1.29, 1.82) is 0 Å². The van der Waals surface area contributed by atoms with Crippen LogP contribution in [0.25, 0.3) is 0 Å². The monoisotopic (exact) mass is 227 g/mol. The lowest BCUT2D eigenvalue weighted by molar-refractivity contribution is -0.142. The zero-order chi connectivity index (χ0) is 12.3. The Morgan fingerprint density at radius 3 is 2.50 bits per heavy atom. The Labute approximate surface area is 96.3 Å². The molecule has 1 amide bonds. The predicted octanol–water partition coefficient (Wildman–Crippen LogP) is 1.16. The van der Waals surface area contributed by atoms with Crippen molar-refractivity contribution in [2.45, 2.75) is 45.6 Å². The largest absolute Gasteiger partial charge is 0.409 e. The molecule has 1 unspecified atom stereocenters. The second-order valence-electron chi connectivity index (χ2n) is 4.59. The first kappa shape index (κ1) is 12.8. The summed E-state index contributed by atoms with van der Waals surface area (Å²) in [4.78, 5) is 14.0. The summed E-state index contributed by atoms with van der Waals surface area (Å²) < 4.78 is 0. The molecular weight excluding hydrogens is 206 g/mol. The normalized spacial score (nSPS) is 21.1. The Kier molecular flexibility index (Phi) is 3.78. The van der Waals surface area contributed by atoms with E-state index in [1.54, 1.807) is 11.9 Å². The number of amidine groups is 1. The molecule has 0 saturated heterocycles. The molecule has 1 rings (SSSR count). The van der Waals surface area contributed by atoms with Crippen molar-refractivity contribution >= 4 is 11.7 Å². The van der Waals surface area contributed by atoms with Gasteiger partial charge in [-0.05, 0) is 26.2 Å². The molecule has 1 aliphatic rings. The summed E-state index contributed by atoms with van der Waals surface area (Å²) in [6.45, 7) is 4.03. The van der Waals surface area contributed by atoms with Gasteiger partial charge in [0.25, 0.3) is 0 Å². The molecule has 0 bridgehead atoms. The average Bonchev–Trinajstić information content (AvgIpc) is 2.24. The predicted molar refractivity (Wildman–Crippen MR) is 62.2 cm³/mol. The standard InChI is InChI=1S/C11H21N3O2/c1-4-8(2)14(3)10(15)11(6-5-7-11)9(12)13-16/h8,16H,4-7H2,1-3H3,(H2,12,13). The van der Waals surface area contributed by atoms with Crippen molar-refractivity contribution in [2.75, 3.05) is 7.05 Å². The molecule has 0 aliphatic heterocycles. The highest BCUT2D eigenvalue weighted by Gasteiger charge is 2.50. The maximum atomic E-state index is 12.3. The fourth-order valence-corrected chi connectivity index (χ4v) is 2.02. The van der Waals surface area contributed by atoms with E-state index in [1.165, 1.54) is 0 Å². The fourth-order valence-electron chi connectivity index (χ4n) is 2.02. The number of nitrogens with two attached hydrogens (primary N) is 1. The van der Waals surface area contributed by atoms with Crippen LogP contribution in [0.2, 0.25) is 0 Å². The van der Waals surface area contributed by atoms with Crippen molar-refractivity contribution in [3.05, 3.63) is 0 Å². The molecule has 1 aliphatic carbocycles. The zero-order valence-electron chi connectivity index (χ0n) is 10.2. The summed E-state index contributed by atoms with van der Waals surface area (Å²) in [5, 5.41) is 11.8. The molecule has 0 aromatic heterocycles. The molecule has 1 atom stereocenters. The summed E-state index contributed by atoms with van der Waals surface area (Å²) in [5.41, 5.74) is 4.90. The van der Waals surface area contributed by atoms with E-state index < -0.39 is 5.41 Å². The van der Waals surface area contributed by atoms with Gasteiger partial charge >= 0.3 is 0 Å². The maximum absolute atomic E-state index is 12.3. The van der Waals surface area contributed by atoms with Crippen molar-refractivity contribution in [1.82, 2.24) is 4.90 Å². The Morgan fingerprint density at radius 1 is 1.62 bits per heavy atom. The summed E-state index contributed by atoms with van der Waals surface area (Å²) in [6, 6.07) is 0.177. The molecular formula is C11H21N3O2. The van der Waals surface area contributed by atoms with Crippen molar-refractivity contribution in [3.8, 4) is 0 Å². The molecule has 0 radical (unpaired) electrons. The number of hydrogen-bond donors (Lipinski definition) is 2. The molecule has 16 heavy (non-hydrogen) atoms. The number of nitrogens with zero attached hydrogens (tertiary/aromatic N) is 2. The number of amides is 1. The van der Waals surface area contributed by atoms with Gasteiger partial charge in [0.15, 0.2) is 5.84 Å². The molecule has 3 N–H and O–H groups in total. The Bertz CT molecular complexity index is 298. The van der Waals surface area contributed by atoms with Crippen LogP contribution >= 0.6 is 0 Å². The zero-order valence-corrected chi connectivity index (χ0v) is 10.2. The van der Waals surface area contributed by atoms with Crippen LogP contribution < -0.4 is 5.73 Å².